The molecule has 1 heterocycles. The first-order valence-corrected chi connectivity index (χ1v) is 7.73. The average molecular weight is 296 g/mol. The second-order valence-electron chi connectivity index (χ2n) is 5.26. The highest BCUT2D eigenvalue weighted by molar-refractivity contribution is 7.12. The average Bonchev–Trinajstić information content (AvgIpc) is 2.70. The maximum absolute atomic E-state index is 12.0. The predicted molar refractivity (Wildman–Crippen MR) is 83.5 cm³/mol. The fraction of sp³-hybridized carbons (Fsp3) is 0.600. The largest absolute Gasteiger partial charge is 0.356 e. The number of nitrogens with zero attached hydrogens (tertiary/aromatic N) is 1. The van der Waals surface area contributed by atoms with Gasteiger partial charge in [-0.05, 0) is 47.0 Å². The van der Waals surface area contributed by atoms with Crippen molar-refractivity contribution in [2.45, 2.75) is 33.1 Å². The minimum atomic E-state index is -0.0401. The third-order valence-electron chi connectivity index (χ3n) is 3.02. The molecule has 5 heteroatoms. The number of ketones is 1. The molecule has 1 aromatic heterocycles. The summed E-state index contributed by atoms with van der Waals surface area (Å²) in [5.74, 6) is 0.0250. The Labute approximate surface area is 125 Å². The molecule has 0 saturated heterocycles. The molecule has 0 radical (unpaired) electrons. The molecule has 0 bridgehead atoms. The van der Waals surface area contributed by atoms with Gasteiger partial charge in [0.25, 0.3) is 0 Å². The monoisotopic (exact) mass is 296 g/mol. The molecule has 112 valence electrons. The number of nitrogens with one attached hydrogen (secondary N) is 1. The van der Waals surface area contributed by atoms with E-state index in [9.17, 15) is 9.59 Å². The number of thiophene rings is 1. The van der Waals surface area contributed by atoms with E-state index in [1.165, 1.54) is 0 Å². The van der Waals surface area contributed by atoms with Gasteiger partial charge in [-0.1, -0.05) is 0 Å². The summed E-state index contributed by atoms with van der Waals surface area (Å²) in [7, 11) is 4.01. The van der Waals surface area contributed by atoms with Crippen molar-refractivity contribution in [2.24, 2.45) is 0 Å². The van der Waals surface area contributed by atoms with E-state index in [4.69, 9.17) is 0 Å². The Kier molecular flexibility index (Phi) is 6.88. The Morgan fingerprint density at radius 3 is 2.50 bits per heavy atom. The van der Waals surface area contributed by atoms with E-state index >= 15 is 0 Å². The molecule has 0 aliphatic carbocycles. The van der Waals surface area contributed by atoms with Crippen molar-refractivity contribution < 1.29 is 9.59 Å². The van der Waals surface area contributed by atoms with Crippen LogP contribution in [0.4, 0.5) is 0 Å². The summed E-state index contributed by atoms with van der Waals surface area (Å²) in [4.78, 5) is 27.9. The number of aryl methyl sites for hydroxylation is 2. The summed E-state index contributed by atoms with van der Waals surface area (Å²) in [6.45, 7) is 5.56. The molecule has 0 aliphatic rings. The highest BCUT2D eigenvalue weighted by Gasteiger charge is 2.13. The quantitative estimate of drug-likeness (QED) is 0.592. The zero-order chi connectivity index (χ0) is 15.1. The lowest BCUT2D eigenvalue weighted by Gasteiger charge is -2.09. The predicted octanol–water partition coefficient (Wildman–Crippen LogP) is 2.40. The number of carbonyl (C=O) groups excluding carboxylic acids is 2. The number of rotatable bonds is 8. The standard InChI is InChI=1S/C15H24N2O2S/c1-11-10-13(12(2)20-11)14(18)6-7-15(19)16-8-5-9-17(3)4/h10H,5-9H2,1-4H3,(H,16,19). The molecule has 1 N–H and O–H groups in total. The summed E-state index contributed by atoms with van der Waals surface area (Å²) >= 11 is 1.63. The first-order chi connectivity index (χ1) is 9.40. The van der Waals surface area contributed by atoms with E-state index in [0.29, 0.717) is 6.54 Å². The van der Waals surface area contributed by atoms with E-state index in [-0.39, 0.29) is 24.5 Å². The molecule has 4 nitrogen and oxygen atoms in total. The summed E-state index contributed by atoms with van der Waals surface area (Å²) < 4.78 is 0. The van der Waals surface area contributed by atoms with Crippen LogP contribution in [0.2, 0.25) is 0 Å². The van der Waals surface area contributed by atoms with Crippen LogP contribution in [0.25, 0.3) is 0 Å². The maximum atomic E-state index is 12.0. The number of hydrogen-bond donors (Lipinski definition) is 1. The Bertz CT molecular complexity index is 466. The second kappa shape index (κ2) is 8.17. The number of amides is 1. The highest BCUT2D eigenvalue weighted by Crippen LogP contribution is 2.22. The van der Waals surface area contributed by atoms with Gasteiger partial charge in [-0.25, -0.2) is 0 Å². The van der Waals surface area contributed by atoms with Crippen molar-refractivity contribution in [3.8, 4) is 0 Å². The molecule has 0 unspecified atom stereocenters. The van der Waals surface area contributed by atoms with Crippen LogP contribution in [-0.4, -0.2) is 43.8 Å². The molecule has 0 fully saturated rings. The van der Waals surface area contributed by atoms with Crippen molar-refractivity contribution in [3.63, 3.8) is 0 Å². The van der Waals surface area contributed by atoms with Gasteiger partial charge in [0.05, 0.1) is 0 Å². The second-order valence-corrected chi connectivity index (χ2v) is 6.72. The Morgan fingerprint density at radius 1 is 1.25 bits per heavy atom. The SMILES string of the molecule is Cc1cc(C(=O)CCC(=O)NCCCN(C)C)c(C)s1. The van der Waals surface area contributed by atoms with Crippen LogP contribution in [0.15, 0.2) is 6.07 Å². The first kappa shape index (κ1) is 16.9. The molecule has 0 saturated carbocycles. The number of carbonyl (C=O) groups is 2. The van der Waals surface area contributed by atoms with Crippen LogP contribution < -0.4 is 5.32 Å². The molecule has 1 rings (SSSR count). The van der Waals surface area contributed by atoms with Gasteiger partial charge in [0.2, 0.25) is 5.91 Å². The molecule has 0 spiro atoms. The third-order valence-corrected chi connectivity index (χ3v) is 3.99. The van der Waals surface area contributed by atoms with E-state index in [1.807, 2.05) is 34.0 Å². The van der Waals surface area contributed by atoms with Gasteiger partial charge >= 0.3 is 0 Å². The van der Waals surface area contributed by atoms with Crippen molar-refractivity contribution >= 4 is 23.0 Å². The normalized spacial score (nSPS) is 10.8. The molecule has 0 atom stereocenters. The van der Waals surface area contributed by atoms with E-state index < -0.39 is 0 Å². The number of hydrogen-bond acceptors (Lipinski definition) is 4. The van der Waals surface area contributed by atoms with Crippen LogP contribution in [0.3, 0.4) is 0 Å². The molecule has 0 aromatic carbocycles. The Morgan fingerprint density at radius 2 is 1.95 bits per heavy atom. The molecular formula is C15H24N2O2S. The van der Waals surface area contributed by atoms with E-state index in [2.05, 4.69) is 10.2 Å². The lowest BCUT2D eigenvalue weighted by Crippen LogP contribution is -2.27. The number of Topliss-reactive ketones (excluding diaryl/α,β-unsaturated/α-hetero) is 1. The Hall–Kier alpha value is -1.20. The van der Waals surface area contributed by atoms with Gasteiger partial charge in [-0.2, -0.15) is 0 Å². The topological polar surface area (TPSA) is 49.4 Å². The Balaban J connectivity index is 2.27. The molecule has 20 heavy (non-hydrogen) atoms. The summed E-state index contributed by atoms with van der Waals surface area (Å²) in [5, 5.41) is 2.85. The zero-order valence-electron chi connectivity index (χ0n) is 12.8. The lowest BCUT2D eigenvalue weighted by atomic mass is 10.1. The van der Waals surface area contributed by atoms with E-state index in [1.54, 1.807) is 11.3 Å². The minimum absolute atomic E-state index is 0.0401. The lowest BCUT2D eigenvalue weighted by molar-refractivity contribution is -0.121. The van der Waals surface area contributed by atoms with Gasteiger partial charge in [0, 0.05) is 34.7 Å². The third kappa shape index (κ3) is 5.84. The van der Waals surface area contributed by atoms with Crippen molar-refractivity contribution in [2.75, 3.05) is 27.2 Å². The fourth-order valence-corrected chi connectivity index (χ4v) is 2.92. The summed E-state index contributed by atoms with van der Waals surface area (Å²) in [6, 6.07) is 1.91. The summed E-state index contributed by atoms with van der Waals surface area (Å²) in [6.07, 6.45) is 1.49. The molecule has 1 aromatic rings. The maximum Gasteiger partial charge on any atom is 0.220 e. The van der Waals surface area contributed by atoms with Crippen molar-refractivity contribution in [1.29, 1.82) is 0 Å². The zero-order valence-corrected chi connectivity index (χ0v) is 13.6. The highest BCUT2D eigenvalue weighted by atomic mass is 32.1. The fourth-order valence-electron chi connectivity index (χ4n) is 1.98. The van der Waals surface area contributed by atoms with E-state index in [0.717, 1.165) is 28.3 Å². The molecular weight excluding hydrogens is 272 g/mol. The van der Waals surface area contributed by atoms with Crippen LogP contribution in [-0.2, 0) is 4.79 Å². The van der Waals surface area contributed by atoms with Crippen LogP contribution in [0.5, 0.6) is 0 Å². The van der Waals surface area contributed by atoms with Crippen LogP contribution in [0, 0.1) is 13.8 Å². The van der Waals surface area contributed by atoms with Crippen LogP contribution in [0.1, 0.15) is 39.4 Å². The summed E-state index contributed by atoms with van der Waals surface area (Å²) in [5.41, 5.74) is 0.771. The smallest absolute Gasteiger partial charge is 0.220 e. The minimum Gasteiger partial charge on any atom is -0.356 e. The van der Waals surface area contributed by atoms with Crippen LogP contribution >= 0.6 is 11.3 Å². The van der Waals surface area contributed by atoms with Crippen molar-refractivity contribution in [3.05, 3.63) is 21.4 Å². The first-order valence-electron chi connectivity index (χ1n) is 6.92. The van der Waals surface area contributed by atoms with Gasteiger partial charge in [-0.3, -0.25) is 9.59 Å². The van der Waals surface area contributed by atoms with Gasteiger partial charge in [-0.15, -0.1) is 11.3 Å². The molecule has 1 amide bonds. The van der Waals surface area contributed by atoms with Crippen molar-refractivity contribution in [1.82, 2.24) is 10.2 Å². The molecule has 0 aliphatic heterocycles. The van der Waals surface area contributed by atoms with Gasteiger partial charge < -0.3 is 10.2 Å². The van der Waals surface area contributed by atoms with Gasteiger partial charge in [0.15, 0.2) is 5.78 Å². The van der Waals surface area contributed by atoms with Gasteiger partial charge in [0.1, 0.15) is 0 Å².